The molecule has 0 atom stereocenters. The van der Waals surface area contributed by atoms with Crippen molar-refractivity contribution in [1.29, 1.82) is 0 Å². The van der Waals surface area contributed by atoms with E-state index in [0.29, 0.717) is 32.6 Å². The van der Waals surface area contributed by atoms with E-state index in [2.05, 4.69) is 4.98 Å². The Kier molecular flexibility index (Phi) is 6.73. The van der Waals surface area contributed by atoms with Crippen LogP contribution < -0.4 is 0 Å². The highest BCUT2D eigenvalue weighted by Gasteiger charge is 2.16. The summed E-state index contributed by atoms with van der Waals surface area (Å²) in [5.74, 6) is -0.274. The Hall–Kier alpha value is -3.67. The van der Waals surface area contributed by atoms with Gasteiger partial charge in [-0.15, -0.1) is 0 Å². The molecule has 0 saturated heterocycles. The topological polar surface area (TPSA) is 61.2 Å². The van der Waals surface area contributed by atoms with Crippen LogP contribution in [0.4, 0.5) is 0 Å². The fraction of sp³-hybridized carbons (Fsp3) is 0.0385. The average Bonchev–Trinajstić information content (AvgIpc) is 3.28. The SMILES string of the molecule is Cc1ccc(C(=Cc2nccn2C(=O)c2ccc(Cl)cc2)OC(=O)c2ccc(Cl)cc2)cc1. The van der Waals surface area contributed by atoms with Gasteiger partial charge in [-0.05, 0) is 55.5 Å². The second-order valence-corrected chi connectivity index (χ2v) is 8.11. The molecule has 7 heteroatoms. The van der Waals surface area contributed by atoms with Gasteiger partial charge in [-0.2, -0.15) is 0 Å². The summed E-state index contributed by atoms with van der Waals surface area (Å²) in [6, 6.07) is 20.5. The number of aromatic nitrogens is 2. The fourth-order valence-electron chi connectivity index (χ4n) is 3.08. The second kappa shape index (κ2) is 9.86. The van der Waals surface area contributed by atoms with E-state index < -0.39 is 5.97 Å². The first kappa shape index (κ1) is 22.5. The molecule has 0 aliphatic heterocycles. The molecule has 164 valence electrons. The molecule has 0 fully saturated rings. The molecule has 1 aromatic heterocycles. The molecular formula is C26H18Cl2N2O3. The third kappa shape index (κ3) is 5.40. The zero-order valence-corrected chi connectivity index (χ0v) is 19.0. The number of aryl methyl sites for hydroxylation is 1. The zero-order valence-electron chi connectivity index (χ0n) is 17.5. The lowest BCUT2D eigenvalue weighted by Crippen LogP contribution is -2.13. The molecule has 5 nitrogen and oxygen atoms in total. The number of nitrogens with zero attached hydrogens (tertiary/aromatic N) is 2. The molecule has 0 spiro atoms. The summed E-state index contributed by atoms with van der Waals surface area (Å²) in [4.78, 5) is 30.1. The van der Waals surface area contributed by atoms with Crippen LogP contribution in [0, 0.1) is 6.92 Å². The predicted octanol–water partition coefficient (Wildman–Crippen LogP) is 6.54. The van der Waals surface area contributed by atoms with Gasteiger partial charge in [0, 0.05) is 39.6 Å². The number of carbonyl (C=O) groups is 2. The van der Waals surface area contributed by atoms with Crippen molar-refractivity contribution in [2.24, 2.45) is 0 Å². The fourth-order valence-corrected chi connectivity index (χ4v) is 3.33. The molecule has 3 aromatic carbocycles. The van der Waals surface area contributed by atoms with Crippen LogP contribution in [0.3, 0.4) is 0 Å². The molecule has 1 heterocycles. The monoisotopic (exact) mass is 476 g/mol. The second-order valence-electron chi connectivity index (χ2n) is 7.24. The first-order chi connectivity index (χ1) is 15.9. The van der Waals surface area contributed by atoms with Crippen LogP contribution in [0.2, 0.25) is 10.0 Å². The van der Waals surface area contributed by atoms with Gasteiger partial charge in [0.1, 0.15) is 11.6 Å². The van der Waals surface area contributed by atoms with Crippen LogP contribution in [0.5, 0.6) is 0 Å². The minimum absolute atomic E-state index is 0.256. The number of esters is 1. The van der Waals surface area contributed by atoms with Gasteiger partial charge in [-0.3, -0.25) is 9.36 Å². The van der Waals surface area contributed by atoms with Gasteiger partial charge >= 0.3 is 5.97 Å². The first-order valence-corrected chi connectivity index (χ1v) is 10.8. The minimum atomic E-state index is -0.555. The summed E-state index contributed by atoms with van der Waals surface area (Å²) in [6.07, 6.45) is 4.62. The third-order valence-corrected chi connectivity index (χ3v) is 5.36. The molecule has 0 unspecified atom stereocenters. The molecule has 33 heavy (non-hydrogen) atoms. The van der Waals surface area contributed by atoms with Crippen molar-refractivity contribution in [2.75, 3.05) is 0 Å². The Morgan fingerprint density at radius 1 is 0.818 bits per heavy atom. The number of halogens is 2. The summed E-state index contributed by atoms with van der Waals surface area (Å²) in [5.41, 5.74) is 2.51. The maximum atomic E-state index is 13.0. The summed E-state index contributed by atoms with van der Waals surface area (Å²) in [5, 5.41) is 1.05. The molecule has 4 rings (SSSR count). The van der Waals surface area contributed by atoms with Gasteiger partial charge in [0.05, 0.1) is 5.56 Å². The van der Waals surface area contributed by atoms with Gasteiger partial charge in [0.15, 0.2) is 0 Å². The molecule has 0 amide bonds. The van der Waals surface area contributed by atoms with Crippen LogP contribution in [-0.4, -0.2) is 21.4 Å². The first-order valence-electron chi connectivity index (χ1n) is 10.0. The van der Waals surface area contributed by atoms with Crippen molar-refractivity contribution >= 4 is 46.9 Å². The van der Waals surface area contributed by atoms with Crippen molar-refractivity contribution in [3.8, 4) is 0 Å². The molecule has 0 saturated carbocycles. The lowest BCUT2D eigenvalue weighted by atomic mass is 10.1. The Morgan fingerprint density at radius 2 is 1.36 bits per heavy atom. The van der Waals surface area contributed by atoms with Gasteiger partial charge < -0.3 is 4.74 Å². The van der Waals surface area contributed by atoms with Crippen molar-refractivity contribution in [3.05, 3.63) is 123 Å². The Morgan fingerprint density at radius 3 is 1.97 bits per heavy atom. The Balaban J connectivity index is 1.71. The normalized spacial score (nSPS) is 11.3. The van der Waals surface area contributed by atoms with E-state index in [1.54, 1.807) is 60.8 Å². The number of carbonyl (C=O) groups excluding carboxylic acids is 2. The van der Waals surface area contributed by atoms with Crippen molar-refractivity contribution in [1.82, 2.24) is 9.55 Å². The molecule has 0 bridgehead atoms. The quantitative estimate of drug-likeness (QED) is 0.242. The summed E-state index contributed by atoms with van der Waals surface area (Å²) < 4.78 is 7.11. The van der Waals surface area contributed by atoms with Gasteiger partial charge in [0.25, 0.3) is 5.91 Å². The van der Waals surface area contributed by atoms with Crippen LogP contribution in [0.15, 0.2) is 85.2 Å². The van der Waals surface area contributed by atoms with E-state index in [-0.39, 0.29) is 11.7 Å². The highest BCUT2D eigenvalue weighted by molar-refractivity contribution is 6.31. The average molecular weight is 477 g/mol. The summed E-state index contributed by atoms with van der Waals surface area (Å²) in [7, 11) is 0. The highest BCUT2D eigenvalue weighted by Crippen LogP contribution is 2.23. The number of imidazole rings is 1. The lowest BCUT2D eigenvalue weighted by molar-refractivity contribution is 0.0693. The number of rotatable bonds is 5. The predicted molar refractivity (Wildman–Crippen MR) is 129 cm³/mol. The van der Waals surface area contributed by atoms with E-state index >= 15 is 0 Å². The number of ether oxygens (including phenoxy) is 1. The molecule has 0 aliphatic rings. The summed E-state index contributed by atoms with van der Waals surface area (Å²) >= 11 is 11.9. The molecule has 4 aromatic rings. The van der Waals surface area contributed by atoms with Crippen LogP contribution in [0.25, 0.3) is 11.8 Å². The van der Waals surface area contributed by atoms with E-state index in [0.717, 1.165) is 5.56 Å². The lowest BCUT2D eigenvalue weighted by Gasteiger charge is -2.11. The smallest absolute Gasteiger partial charge is 0.343 e. The largest absolute Gasteiger partial charge is 0.422 e. The van der Waals surface area contributed by atoms with Crippen molar-refractivity contribution in [2.45, 2.75) is 6.92 Å². The van der Waals surface area contributed by atoms with Gasteiger partial charge in [0.2, 0.25) is 0 Å². The van der Waals surface area contributed by atoms with Gasteiger partial charge in [-0.1, -0.05) is 53.0 Å². The minimum Gasteiger partial charge on any atom is -0.422 e. The zero-order chi connectivity index (χ0) is 23.4. The highest BCUT2D eigenvalue weighted by atomic mass is 35.5. The Labute approximate surface area is 200 Å². The van der Waals surface area contributed by atoms with Crippen LogP contribution in [0.1, 0.15) is 37.7 Å². The summed E-state index contributed by atoms with van der Waals surface area (Å²) in [6.45, 7) is 1.96. The Bertz CT molecular complexity index is 1320. The number of hydrogen-bond donors (Lipinski definition) is 0. The van der Waals surface area contributed by atoms with E-state index in [1.165, 1.54) is 10.8 Å². The number of hydrogen-bond acceptors (Lipinski definition) is 4. The van der Waals surface area contributed by atoms with Crippen LogP contribution >= 0.6 is 23.2 Å². The van der Waals surface area contributed by atoms with E-state index in [9.17, 15) is 9.59 Å². The molecule has 0 radical (unpaired) electrons. The van der Waals surface area contributed by atoms with Gasteiger partial charge in [-0.25, -0.2) is 9.78 Å². The van der Waals surface area contributed by atoms with E-state index in [1.807, 2.05) is 31.2 Å². The maximum Gasteiger partial charge on any atom is 0.343 e. The van der Waals surface area contributed by atoms with Crippen molar-refractivity contribution < 1.29 is 14.3 Å². The van der Waals surface area contributed by atoms with Crippen molar-refractivity contribution in [3.63, 3.8) is 0 Å². The maximum absolute atomic E-state index is 13.0. The third-order valence-electron chi connectivity index (χ3n) is 4.86. The van der Waals surface area contributed by atoms with Crippen LogP contribution in [-0.2, 0) is 4.74 Å². The number of benzene rings is 3. The molecule has 0 N–H and O–H groups in total. The molecular weight excluding hydrogens is 459 g/mol. The standard InChI is InChI=1S/C26H18Cl2N2O3/c1-17-2-4-18(5-3-17)23(33-26(32)20-8-12-22(28)13-9-20)16-24-29-14-15-30(24)25(31)19-6-10-21(27)11-7-19/h2-16H,1H3. The van der Waals surface area contributed by atoms with E-state index in [4.69, 9.17) is 27.9 Å². The molecule has 0 aliphatic carbocycles.